The van der Waals surface area contributed by atoms with Crippen LogP contribution in [0.3, 0.4) is 0 Å². The highest BCUT2D eigenvalue weighted by Gasteiger charge is 2.31. The SMILES string of the molecule is CC(O)c1nc(N2CCCC(C)(CN)C2)n[nH]1. The number of aliphatic hydroxyl groups is 1. The van der Waals surface area contributed by atoms with Gasteiger partial charge in [-0.05, 0) is 31.7 Å². The van der Waals surface area contributed by atoms with E-state index >= 15 is 0 Å². The summed E-state index contributed by atoms with van der Waals surface area (Å²) in [5.74, 6) is 1.18. The normalized spacial score (nSPS) is 27.2. The number of anilines is 1. The molecule has 2 heterocycles. The lowest BCUT2D eigenvalue weighted by Gasteiger charge is -2.39. The van der Waals surface area contributed by atoms with Crippen molar-refractivity contribution >= 4 is 5.95 Å². The molecule has 0 saturated carbocycles. The predicted molar refractivity (Wildman–Crippen MR) is 65.6 cm³/mol. The number of rotatable bonds is 3. The first-order valence-electron chi connectivity index (χ1n) is 6.09. The minimum absolute atomic E-state index is 0.143. The van der Waals surface area contributed by atoms with E-state index in [9.17, 15) is 5.11 Å². The van der Waals surface area contributed by atoms with Crippen molar-refractivity contribution < 1.29 is 5.11 Å². The van der Waals surface area contributed by atoms with Crippen molar-refractivity contribution in [1.29, 1.82) is 0 Å². The summed E-state index contributed by atoms with van der Waals surface area (Å²) in [4.78, 5) is 6.44. The van der Waals surface area contributed by atoms with Crippen LogP contribution in [0.1, 0.15) is 38.6 Å². The number of aliphatic hydroxyl groups excluding tert-OH is 1. The van der Waals surface area contributed by atoms with Crippen LogP contribution in [0.25, 0.3) is 0 Å². The van der Waals surface area contributed by atoms with Gasteiger partial charge < -0.3 is 15.7 Å². The fourth-order valence-corrected chi connectivity index (χ4v) is 2.25. The van der Waals surface area contributed by atoms with Gasteiger partial charge in [-0.15, -0.1) is 5.10 Å². The van der Waals surface area contributed by atoms with E-state index in [1.165, 1.54) is 0 Å². The average Bonchev–Trinajstić information content (AvgIpc) is 2.78. The summed E-state index contributed by atoms with van der Waals surface area (Å²) in [6.07, 6.45) is 1.64. The summed E-state index contributed by atoms with van der Waals surface area (Å²) in [7, 11) is 0. The predicted octanol–water partition coefficient (Wildman–Crippen LogP) is 0.423. The summed E-state index contributed by atoms with van der Waals surface area (Å²) in [6.45, 7) is 6.37. The topological polar surface area (TPSA) is 91.1 Å². The summed E-state index contributed by atoms with van der Waals surface area (Å²) in [5, 5.41) is 16.3. The van der Waals surface area contributed by atoms with Gasteiger partial charge in [0.25, 0.3) is 0 Å². The molecule has 1 aromatic rings. The number of nitrogens with two attached hydrogens (primary N) is 1. The summed E-state index contributed by atoms with van der Waals surface area (Å²) in [5.41, 5.74) is 5.96. The molecule has 0 spiro atoms. The van der Waals surface area contributed by atoms with Gasteiger partial charge in [0.15, 0.2) is 5.82 Å². The standard InChI is InChI=1S/C11H21N5O/c1-8(17)9-13-10(15-14-9)16-5-3-4-11(2,6-12)7-16/h8,17H,3-7,12H2,1-2H3,(H,13,14,15). The lowest BCUT2D eigenvalue weighted by molar-refractivity contribution is 0.189. The molecule has 0 aromatic carbocycles. The quantitative estimate of drug-likeness (QED) is 0.711. The highest BCUT2D eigenvalue weighted by atomic mass is 16.3. The third-order valence-electron chi connectivity index (χ3n) is 3.44. The van der Waals surface area contributed by atoms with Crippen molar-refractivity contribution in [2.24, 2.45) is 11.1 Å². The number of hydrogen-bond donors (Lipinski definition) is 3. The number of piperidine rings is 1. The lowest BCUT2D eigenvalue weighted by Crippen LogP contribution is -2.46. The minimum Gasteiger partial charge on any atom is -0.385 e. The second kappa shape index (κ2) is 4.62. The maximum atomic E-state index is 9.41. The fourth-order valence-electron chi connectivity index (χ4n) is 2.25. The Morgan fingerprint density at radius 3 is 3.00 bits per heavy atom. The van der Waals surface area contributed by atoms with Gasteiger partial charge in [0.05, 0.1) is 0 Å². The fraction of sp³-hybridized carbons (Fsp3) is 0.818. The molecular formula is C11H21N5O. The van der Waals surface area contributed by atoms with Gasteiger partial charge in [0.2, 0.25) is 5.95 Å². The molecule has 1 aromatic heterocycles. The Morgan fingerprint density at radius 2 is 2.41 bits per heavy atom. The van der Waals surface area contributed by atoms with Crippen LogP contribution in [0.4, 0.5) is 5.95 Å². The van der Waals surface area contributed by atoms with Crippen molar-refractivity contribution in [2.45, 2.75) is 32.8 Å². The zero-order valence-electron chi connectivity index (χ0n) is 10.5. The molecule has 1 aliphatic rings. The molecule has 0 aliphatic carbocycles. The second-order valence-corrected chi connectivity index (χ2v) is 5.24. The van der Waals surface area contributed by atoms with E-state index in [4.69, 9.17) is 5.73 Å². The molecule has 96 valence electrons. The first kappa shape index (κ1) is 12.3. The molecule has 0 amide bonds. The maximum absolute atomic E-state index is 9.41. The highest BCUT2D eigenvalue weighted by Crippen LogP contribution is 2.30. The number of aromatic nitrogens is 3. The number of hydrogen-bond acceptors (Lipinski definition) is 5. The van der Waals surface area contributed by atoms with E-state index in [1.54, 1.807) is 6.92 Å². The van der Waals surface area contributed by atoms with E-state index in [1.807, 2.05) is 0 Å². The van der Waals surface area contributed by atoms with Gasteiger partial charge in [-0.3, -0.25) is 5.10 Å². The van der Waals surface area contributed by atoms with Crippen LogP contribution >= 0.6 is 0 Å². The molecule has 1 fully saturated rings. The van der Waals surface area contributed by atoms with Crippen molar-refractivity contribution in [1.82, 2.24) is 15.2 Å². The van der Waals surface area contributed by atoms with Crippen LogP contribution < -0.4 is 10.6 Å². The van der Waals surface area contributed by atoms with E-state index in [0.29, 0.717) is 18.3 Å². The Labute approximate surface area is 101 Å². The monoisotopic (exact) mass is 239 g/mol. The molecule has 6 heteroatoms. The van der Waals surface area contributed by atoms with Gasteiger partial charge in [0, 0.05) is 13.1 Å². The number of nitrogens with one attached hydrogen (secondary N) is 1. The van der Waals surface area contributed by atoms with E-state index < -0.39 is 6.10 Å². The van der Waals surface area contributed by atoms with Crippen LogP contribution in [-0.4, -0.2) is 39.9 Å². The van der Waals surface area contributed by atoms with Gasteiger partial charge in [-0.25, -0.2) is 0 Å². The van der Waals surface area contributed by atoms with Crippen molar-refractivity contribution in [3.05, 3.63) is 5.82 Å². The average molecular weight is 239 g/mol. The molecule has 2 atom stereocenters. The number of H-pyrrole nitrogens is 1. The van der Waals surface area contributed by atoms with Gasteiger partial charge in [-0.1, -0.05) is 6.92 Å². The molecule has 0 radical (unpaired) electrons. The molecule has 2 unspecified atom stereocenters. The van der Waals surface area contributed by atoms with Gasteiger partial charge >= 0.3 is 0 Å². The van der Waals surface area contributed by atoms with Crippen molar-refractivity contribution in [3.63, 3.8) is 0 Å². The highest BCUT2D eigenvalue weighted by molar-refractivity contribution is 5.30. The van der Waals surface area contributed by atoms with Crippen LogP contribution in [0.5, 0.6) is 0 Å². The van der Waals surface area contributed by atoms with Crippen molar-refractivity contribution in [3.8, 4) is 0 Å². The Morgan fingerprint density at radius 1 is 1.65 bits per heavy atom. The summed E-state index contributed by atoms with van der Waals surface area (Å²) >= 11 is 0. The maximum Gasteiger partial charge on any atom is 0.244 e. The minimum atomic E-state index is -0.609. The number of nitrogens with zero attached hydrogens (tertiary/aromatic N) is 3. The van der Waals surface area contributed by atoms with Crippen LogP contribution in [0.15, 0.2) is 0 Å². The van der Waals surface area contributed by atoms with E-state index in [-0.39, 0.29) is 5.41 Å². The summed E-state index contributed by atoms with van der Waals surface area (Å²) in [6, 6.07) is 0. The Balaban J connectivity index is 2.11. The third kappa shape index (κ3) is 2.58. The zero-order chi connectivity index (χ0) is 12.5. The number of aromatic amines is 1. The first-order chi connectivity index (χ1) is 8.04. The van der Waals surface area contributed by atoms with Crippen LogP contribution in [0, 0.1) is 5.41 Å². The zero-order valence-corrected chi connectivity index (χ0v) is 10.5. The van der Waals surface area contributed by atoms with Crippen molar-refractivity contribution in [2.75, 3.05) is 24.5 Å². The lowest BCUT2D eigenvalue weighted by atomic mass is 9.82. The largest absolute Gasteiger partial charge is 0.385 e. The molecule has 1 saturated heterocycles. The molecule has 17 heavy (non-hydrogen) atoms. The van der Waals surface area contributed by atoms with E-state index in [2.05, 4.69) is 27.0 Å². The molecule has 1 aliphatic heterocycles. The Bertz CT molecular complexity index is 378. The molecular weight excluding hydrogens is 218 g/mol. The smallest absolute Gasteiger partial charge is 0.244 e. The third-order valence-corrected chi connectivity index (χ3v) is 3.44. The van der Waals surface area contributed by atoms with Crippen LogP contribution in [0.2, 0.25) is 0 Å². The Kier molecular flexibility index (Phi) is 3.35. The van der Waals surface area contributed by atoms with Gasteiger partial charge in [-0.2, -0.15) is 4.98 Å². The molecule has 2 rings (SSSR count). The summed E-state index contributed by atoms with van der Waals surface area (Å²) < 4.78 is 0. The molecule has 6 nitrogen and oxygen atoms in total. The van der Waals surface area contributed by atoms with E-state index in [0.717, 1.165) is 25.9 Å². The van der Waals surface area contributed by atoms with Crippen LogP contribution in [-0.2, 0) is 0 Å². The second-order valence-electron chi connectivity index (χ2n) is 5.24. The Hall–Kier alpha value is -1.14. The molecule has 0 bridgehead atoms. The molecule has 4 N–H and O–H groups in total. The first-order valence-corrected chi connectivity index (χ1v) is 6.09. The van der Waals surface area contributed by atoms with Gasteiger partial charge in [0.1, 0.15) is 6.10 Å².